The number of nitriles is 1. The summed E-state index contributed by atoms with van der Waals surface area (Å²) in [5.41, 5.74) is 0. The standard InChI is InChI=1S/C9H18I2N3OP/c1-3-6-11(10)14(8-4-2)16(13-15)9-5-7-12/h3-6,8-9H2,1-2H3. The molecule has 0 aliphatic rings. The molecule has 0 bridgehead atoms. The molecule has 0 heterocycles. The van der Waals surface area contributed by atoms with Gasteiger partial charge >= 0.3 is 117 Å². The van der Waals surface area contributed by atoms with Crippen LogP contribution in [-0.4, -0.2) is 20.0 Å². The number of rotatable bonds is 9. The van der Waals surface area contributed by atoms with Gasteiger partial charge in [-0.05, 0) is 0 Å². The van der Waals surface area contributed by atoms with Crippen molar-refractivity contribution in [3.63, 3.8) is 0 Å². The third kappa shape index (κ3) is 6.62. The van der Waals surface area contributed by atoms with Gasteiger partial charge in [-0.2, -0.15) is 0 Å². The Kier molecular flexibility index (Phi) is 11.7. The summed E-state index contributed by atoms with van der Waals surface area (Å²) in [6, 6.07) is 2.11. The molecule has 4 nitrogen and oxygen atoms in total. The van der Waals surface area contributed by atoms with E-state index in [1.54, 1.807) is 0 Å². The average molecular weight is 469 g/mol. The molecule has 0 fully saturated rings. The molecule has 1 atom stereocenters. The Labute approximate surface area is 116 Å². The average Bonchev–Trinajstić information content (AvgIpc) is 2.28. The topological polar surface area (TPSA) is 56.5 Å². The number of hydrogen-bond donors (Lipinski definition) is 0. The summed E-state index contributed by atoms with van der Waals surface area (Å²) in [4.78, 5) is 14.2. The summed E-state index contributed by atoms with van der Waals surface area (Å²) < 4.78 is 3.57. The first kappa shape index (κ1) is 16.9. The second kappa shape index (κ2) is 11.1. The molecule has 0 spiro atoms. The first-order valence-corrected chi connectivity index (χ1v) is 15.5. The van der Waals surface area contributed by atoms with Crippen molar-refractivity contribution < 1.29 is 0 Å². The number of hydrogen-bond acceptors (Lipinski definition) is 4. The summed E-state index contributed by atoms with van der Waals surface area (Å²) >= 11 is 1.33. The fourth-order valence-electron chi connectivity index (χ4n) is 1.08. The number of nitroso groups, excluding NO2 is 1. The van der Waals surface area contributed by atoms with Crippen LogP contribution in [0.15, 0.2) is 4.95 Å². The molecule has 7 heteroatoms. The normalized spacial score (nSPS) is 13.3. The number of alkyl halides is 1. The molecule has 0 rings (SSSR count). The van der Waals surface area contributed by atoms with E-state index in [-0.39, 0.29) is 0 Å². The predicted molar refractivity (Wildman–Crippen MR) is 88.0 cm³/mol. The van der Waals surface area contributed by atoms with Gasteiger partial charge in [-0.3, -0.25) is 0 Å². The van der Waals surface area contributed by atoms with E-state index in [2.05, 4.69) is 46.4 Å². The van der Waals surface area contributed by atoms with Crippen molar-refractivity contribution >= 4 is 43.0 Å². The molecule has 94 valence electrons. The van der Waals surface area contributed by atoms with Gasteiger partial charge in [-0.25, -0.2) is 0 Å². The minimum atomic E-state index is -1.20. The maximum absolute atomic E-state index is 10.9. The Bertz CT molecular complexity index is 237. The van der Waals surface area contributed by atoms with Crippen LogP contribution in [0.3, 0.4) is 0 Å². The van der Waals surface area contributed by atoms with Crippen LogP contribution in [0, 0.1) is 16.2 Å². The van der Waals surface area contributed by atoms with Crippen LogP contribution >= 0.6 is 43.0 Å². The Balaban J connectivity index is 4.44. The molecular formula is C9H18I2N3OP. The monoisotopic (exact) mass is 469 g/mol. The van der Waals surface area contributed by atoms with Gasteiger partial charge in [0.1, 0.15) is 0 Å². The zero-order chi connectivity index (χ0) is 12.4. The van der Waals surface area contributed by atoms with Gasteiger partial charge in [0.2, 0.25) is 0 Å². The summed E-state index contributed by atoms with van der Waals surface area (Å²) in [5, 5.41) is 8.57. The SMILES string of the molecule is CCCN(P(CCC#N)N=O)I(I)CCC. The molecule has 0 saturated heterocycles. The van der Waals surface area contributed by atoms with Gasteiger partial charge in [-0.1, -0.05) is 0 Å². The van der Waals surface area contributed by atoms with Gasteiger partial charge in [0, 0.05) is 0 Å². The van der Waals surface area contributed by atoms with Crippen molar-refractivity contribution in [2.24, 2.45) is 4.95 Å². The first-order valence-electron chi connectivity index (χ1n) is 5.29. The van der Waals surface area contributed by atoms with Crippen LogP contribution < -0.4 is 0 Å². The van der Waals surface area contributed by atoms with Crippen LogP contribution in [0.2, 0.25) is 0 Å². The predicted octanol–water partition coefficient (Wildman–Crippen LogP) is 4.87. The van der Waals surface area contributed by atoms with E-state index < -0.39 is 24.3 Å². The van der Waals surface area contributed by atoms with Crippen LogP contribution in [-0.2, 0) is 0 Å². The molecule has 0 N–H and O–H groups in total. The zero-order valence-corrected chi connectivity index (χ0v) is 14.9. The fourth-order valence-corrected chi connectivity index (χ4v) is 15.6. The van der Waals surface area contributed by atoms with Crippen LogP contribution in [0.25, 0.3) is 0 Å². The molecule has 0 aliphatic carbocycles. The van der Waals surface area contributed by atoms with Gasteiger partial charge in [0.05, 0.1) is 0 Å². The summed E-state index contributed by atoms with van der Waals surface area (Å²) in [6.45, 7) is 5.28. The van der Waals surface area contributed by atoms with Crippen molar-refractivity contribution in [3.8, 4) is 6.07 Å². The Hall–Kier alpha value is 0.940. The van der Waals surface area contributed by atoms with E-state index in [1.165, 1.54) is 10.8 Å². The second-order valence-electron chi connectivity index (χ2n) is 3.12. The Morgan fingerprint density at radius 1 is 1.50 bits per heavy atom. The molecule has 0 radical (unpaired) electrons. The van der Waals surface area contributed by atoms with Gasteiger partial charge in [-0.15, -0.1) is 0 Å². The van der Waals surface area contributed by atoms with E-state index in [9.17, 15) is 4.91 Å². The molecule has 0 aromatic carbocycles. The van der Waals surface area contributed by atoms with E-state index in [1.807, 2.05) is 0 Å². The van der Waals surface area contributed by atoms with E-state index in [4.69, 9.17) is 5.26 Å². The van der Waals surface area contributed by atoms with Crippen molar-refractivity contribution in [1.82, 2.24) is 2.88 Å². The van der Waals surface area contributed by atoms with Crippen molar-refractivity contribution in [3.05, 3.63) is 4.91 Å². The molecule has 0 aliphatic heterocycles. The first-order chi connectivity index (χ1) is 7.71. The van der Waals surface area contributed by atoms with Crippen LogP contribution in [0.5, 0.6) is 0 Å². The summed E-state index contributed by atoms with van der Waals surface area (Å²) in [6.07, 6.45) is 3.33. The quantitative estimate of drug-likeness (QED) is 0.159. The fraction of sp³-hybridized carbons (Fsp3) is 0.889. The number of nitrogens with zero attached hydrogens (tertiary/aromatic N) is 3. The van der Waals surface area contributed by atoms with Crippen molar-refractivity contribution in [1.29, 1.82) is 5.26 Å². The molecule has 0 saturated carbocycles. The summed E-state index contributed by atoms with van der Waals surface area (Å²) in [5.74, 6) is 0. The van der Waals surface area contributed by atoms with E-state index in [0.717, 1.165) is 13.0 Å². The number of halogens is 2. The van der Waals surface area contributed by atoms with E-state index >= 15 is 0 Å². The maximum atomic E-state index is 10.9. The molecule has 0 aromatic heterocycles. The Morgan fingerprint density at radius 3 is 2.62 bits per heavy atom. The third-order valence-electron chi connectivity index (χ3n) is 1.73. The second-order valence-corrected chi connectivity index (χ2v) is 15.9. The van der Waals surface area contributed by atoms with Crippen LogP contribution in [0.1, 0.15) is 33.1 Å². The minimum absolute atomic E-state index is 0.449. The molecular weight excluding hydrogens is 451 g/mol. The van der Waals surface area contributed by atoms with Crippen molar-refractivity contribution in [2.45, 2.75) is 33.1 Å². The molecule has 16 heavy (non-hydrogen) atoms. The van der Waals surface area contributed by atoms with Gasteiger partial charge < -0.3 is 0 Å². The van der Waals surface area contributed by atoms with E-state index in [0.29, 0.717) is 12.6 Å². The third-order valence-corrected chi connectivity index (χ3v) is 17.2. The van der Waals surface area contributed by atoms with Gasteiger partial charge in [0.25, 0.3) is 0 Å². The summed E-state index contributed by atoms with van der Waals surface area (Å²) in [7, 11) is -0.942. The van der Waals surface area contributed by atoms with Crippen molar-refractivity contribution in [2.75, 3.05) is 17.1 Å². The molecule has 1 unspecified atom stereocenters. The molecule has 0 aromatic rings. The van der Waals surface area contributed by atoms with Crippen LogP contribution in [0.4, 0.5) is 0 Å². The zero-order valence-electron chi connectivity index (χ0n) is 9.70. The molecule has 0 amide bonds. The Morgan fingerprint density at radius 2 is 2.19 bits per heavy atom. The van der Waals surface area contributed by atoms with Gasteiger partial charge in [0.15, 0.2) is 0 Å².